The summed E-state index contributed by atoms with van der Waals surface area (Å²) in [6.07, 6.45) is 2.65. The normalized spacial score (nSPS) is 22.3. The molecule has 0 saturated carbocycles. The van der Waals surface area contributed by atoms with Crippen LogP contribution in [-0.4, -0.2) is 49.2 Å². The summed E-state index contributed by atoms with van der Waals surface area (Å²) in [4.78, 5) is 14.8. The second-order valence-electron chi connectivity index (χ2n) is 5.99. The summed E-state index contributed by atoms with van der Waals surface area (Å²) < 4.78 is 11.3. The molecule has 1 aromatic carbocycles. The Balaban J connectivity index is 1.49. The minimum atomic E-state index is -0.552. The van der Waals surface area contributed by atoms with Crippen molar-refractivity contribution < 1.29 is 14.3 Å². The van der Waals surface area contributed by atoms with Gasteiger partial charge in [-0.15, -0.1) is 0 Å². The first-order valence-corrected chi connectivity index (χ1v) is 8.17. The molecule has 0 aromatic heterocycles. The zero-order valence-electron chi connectivity index (χ0n) is 13.1. The van der Waals surface area contributed by atoms with Crippen molar-refractivity contribution in [1.82, 2.24) is 10.2 Å². The number of nitrogens with zero attached hydrogens (tertiary/aromatic N) is 1. The van der Waals surface area contributed by atoms with E-state index in [4.69, 9.17) is 9.47 Å². The van der Waals surface area contributed by atoms with Gasteiger partial charge in [-0.25, -0.2) is 0 Å². The maximum Gasteiger partial charge on any atom is 0.264 e. The van der Waals surface area contributed by atoms with E-state index in [0.29, 0.717) is 11.5 Å². The highest BCUT2D eigenvalue weighted by atomic mass is 16.6. The molecule has 0 spiro atoms. The van der Waals surface area contributed by atoms with Crippen LogP contribution in [0.3, 0.4) is 0 Å². The van der Waals surface area contributed by atoms with Crippen LogP contribution in [0.25, 0.3) is 0 Å². The summed E-state index contributed by atoms with van der Waals surface area (Å²) in [6.45, 7) is 5.74. The number of rotatable bonds is 4. The maximum absolute atomic E-state index is 12.4. The zero-order chi connectivity index (χ0) is 15.4. The van der Waals surface area contributed by atoms with E-state index in [2.05, 4.69) is 17.1 Å². The molecule has 2 heterocycles. The second kappa shape index (κ2) is 7.01. The van der Waals surface area contributed by atoms with Crippen molar-refractivity contribution in [3.05, 3.63) is 24.3 Å². The molecule has 120 valence electrons. The molecule has 0 radical (unpaired) electrons. The standard InChI is InChI=1S/C17H24N2O3/c1-2-9-19-10-7-13(8-11-19)18-17(20)16-12-21-14-5-3-4-6-15(14)22-16/h3-6,13,16H,2,7-12H2,1H3,(H,18,20). The van der Waals surface area contributed by atoms with Gasteiger partial charge in [-0.3, -0.25) is 4.79 Å². The van der Waals surface area contributed by atoms with E-state index in [-0.39, 0.29) is 18.6 Å². The molecule has 5 heteroatoms. The molecule has 3 rings (SSSR count). The first kappa shape index (κ1) is 15.2. The van der Waals surface area contributed by atoms with Crippen LogP contribution in [0.5, 0.6) is 11.5 Å². The van der Waals surface area contributed by atoms with Crippen LogP contribution in [0.2, 0.25) is 0 Å². The van der Waals surface area contributed by atoms with Crippen molar-refractivity contribution in [1.29, 1.82) is 0 Å². The summed E-state index contributed by atoms with van der Waals surface area (Å²) in [5, 5.41) is 3.11. The van der Waals surface area contributed by atoms with Crippen LogP contribution >= 0.6 is 0 Å². The Bertz CT molecular complexity index is 512. The molecule has 1 aromatic rings. The van der Waals surface area contributed by atoms with Crippen LogP contribution in [0.1, 0.15) is 26.2 Å². The molecule has 22 heavy (non-hydrogen) atoms. The summed E-state index contributed by atoms with van der Waals surface area (Å²) in [6, 6.07) is 7.71. The van der Waals surface area contributed by atoms with Crippen molar-refractivity contribution in [2.75, 3.05) is 26.2 Å². The van der Waals surface area contributed by atoms with E-state index < -0.39 is 6.10 Å². The quantitative estimate of drug-likeness (QED) is 0.922. The average molecular weight is 304 g/mol. The van der Waals surface area contributed by atoms with Gasteiger partial charge >= 0.3 is 0 Å². The first-order valence-electron chi connectivity index (χ1n) is 8.17. The van der Waals surface area contributed by atoms with Gasteiger partial charge < -0.3 is 19.7 Å². The first-order chi connectivity index (χ1) is 10.8. The lowest BCUT2D eigenvalue weighted by molar-refractivity contribution is -0.131. The molecule has 1 N–H and O–H groups in total. The Kier molecular flexibility index (Phi) is 4.83. The predicted molar refractivity (Wildman–Crippen MR) is 84.2 cm³/mol. The van der Waals surface area contributed by atoms with Crippen LogP contribution in [0, 0.1) is 0 Å². The number of carbonyl (C=O) groups excluding carboxylic acids is 1. The molecule has 0 aliphatic carbocycles. The van der Waals surface area contributed by atoms with Crippen molar-refractivity contribution in [3.8, 4) is 11.5 Å². The van der Waals surface area contributed by atoms with Gasteiger partial charge in [0.15, 0.2) is 11.5 Å². The van der Waals surface area contributed by atoms with Gasteiger partial charge in [0.25, 0.3) is 5.91 Å². The number of para-hydroxylation sites is 2. The van der Waals surface area contributed by atoms with Crippen molar-refractivity contribution >= 4 is 5.91 Å². The number of amides is 1. The molecule has 1 unspecified atom stereocenters. The molecule has 0 bridgehead atoms. The second-order valence-corrected chi connectivity index (χ2v) is 5.99. The molecule has 2 aliphatic rings. The summed E-state index contributed by atoms with van der Waals surface area (Å²) in [5.41, 5.74) is 0. The zero-order valence-corrected chi connectivity index (χ0v) is 13.1. The van der Waals surface area contributed by atoms with Crippen molar-refractivity contribution in [2.24, 2.45) is 0 Å². The number of hydrogen-bond donors (Lipinski definition) is 1. The molecule has 1 fully saturated rings. The number of piperidine rings is 1. The Morgan fingerprint density at radius 1 is 1.27 bits per heavy atom. The summed E-state index contributed by atoms with van der Waals surface area (Å²) in [7, 11) is 0. The number of benzene rings is 1. The highest BCUT2D eigenvalue weighted by Crippen LogP contribution is 2.30. The lowest BCUT2D eigenvalue weighted by Gasteiger charge is -2.33. The van der Waals surface area contributed by atoms with E-state index in [0.717, 1.165) is 32.5 Å². The van der Waals surface area contributed by atoms with E-state index in [1.54, 1.807) is 0 Å². The highest BCUT2D eigenvalue weighted by molar-refractivity contribution is 5.82. The molecule has 1 saturated heterocycles. The van der Waals surface area contributed by atoms with Gasteiger partial charge in [-0.2, -0.15) is 0 Å². The fraction of sp³-hybridized carbons (Fsp3) is 0.588. The number of hydrogen-bond acceptors (Lipinski definition) is 4. The van der Waals surface area contributed by atoms with Crippen LogP contribution < -0.4 is 14.8 Å². The third-order valence-corrected chi connectivity index (χ3v) is 4.27. The highest BCUT2D eigenvalue weighted by Gasteiger charge is 2.29. The summed E-state index contributed by atoms with van der Waals surface area (Å²) >= 11 is 0. The van der Waals surface area contributed by atoms with Crippen molar-refractivity contribution in [3.63, 3.8) is 0 Å². The number of fused-ring (bicyclic) bond motifs is 1. The Labute approximate surface area is 131 Å². The minimum absolute atomic E-state index is 0.0663. The number of likely N-dealkylation sites (tertiary alicyclic amines) is 1. The SMILES string of the molecule is CCCN1CCC(NC(=O)C2COc3ccccc3O2)CC1. The molecular weight excluding hydrogens is 280 g/mol. The topological polar surface area (TPSA) is 50.8 Å². The van der Waals surface area contributed by atoms with E-state index in [9.17, 15) is 4.79 Å². The van der Waals surface area contributed by atoms with Crippen LogP contribution in [0.4, 0.5) is 0 Å². The van der Waals surface area contributed by atoms with Gasteiger partial charge in [0.05, 0.1) is 0 Å². The summed E-state index contributed by atoms with van der Waals surface area (Å²) in [5.74, 6) is 1.29. The van der Waals surface area contributed by atoms with Gasteiger partial charge in [-0.1, -0.05) is 19.1 Å². The van der Waals surface area contributed by atoms with Gasteiger partial charge in [0.2, 0.25) is 6.10 Å². The smallest absolute Gasteiger partial charge is 0.264 e. The molecule has 1 amide bonds. The van der Waals surface area contributed by atoms with Gasteiger partial charge in [0, 0.05) is 19.1 Å². The Morgan fingerprint density at radius 2 is 2.00 bits per heavy atom. The van der Waals surface area contributed by atoms with Gasteiger partial charge in [0.1, 0.15) is 6.61 Å². The van der Waals surface area contributed by atoms with Crippen LogP contribution in [-0.2, 0) is 4.79 Å². The monoisotopic (exact) mass is 304 g/mol. The number of ether oxygens (including phenoxy) is 2. The van der Waals surface area contributed by atoms with Gasteiger partial charge in [-0.05, 0) is 37.9 Å². The largest absolute Gasteiger partial charge is 0.485 e. The Hall–Kier alpha value is -1.75. The fourth-order valence-corrected chi connectivity index (χ4v) is 3.06. The number of nitrogens with one attached hydrogen (secondary N) is 1. The van der Waals surface area contributed by atoms with E-state index >= 15 is 0 Å². The number of carbonyl (C=O) groups is 1. The van der Waals surface area contributed by atoms with Crippen molar-refractivity contribution in [2.45, 2.75) is 38.3 Å². The van der Waals surface area contributed by atoms with Crippen LogP contribution in [0.15, 0.2) is 24.3 Å². The third-order valence-electron chi connectivity index (χ3n) is 4.27. The average Bonchev–Trinajstić information content (AvgIpc) is 2.56. The van der Waals surface area contributed by atoms with E-state index in [1.165, 1.54) is 6.42 Å². The molecule has 5 nitrogen and oxygen atoms in total. The molecular formula is C17H24N2O3. The fourth-order valence-electron chi connectivity index (χ4n) is 3.06. The maximum atomic E-state index is 12.4. The lowest BCUT2D eigenvalue weighted by atomic mass is 10.0. The molecule has 1 atom stereocenters. The lowest BCUT2D eigenvalue weighted by Crippen LogP contribution is -2.50. The third kappa shape index (κ3) is 3.53. The Morgan fingerprint density at radius 3 is 2.73 bits per heavy atom. The van der Waals surface area contributed by atoms with E-state index in [1.807, 2.05) is 24.3 Å². The predicted octanol–water partition coefficient (Wildman–Crippen LogP) is 1.82. The molecule has 2 aliphatic heterocycles. The minimum Gasteiger partial charge on any atom is -0.485 e.